The van der Waals surface area contributed by atoms with Gasteiger partial charge in [-0.25, -0.2) is 9.37 Å². The van der Waals surface area contributed by atoms with E-state index >= 15 is 0 Å². The zero-order chi connectivity index (χ0) is 19.1. The lowest BCUT2D eigenvalue weighted by Gasteiger charge is -2.14. The van der Waals surface area contributed by atoms with Crippen molar-refractivity contribution in [2.24, 2.45) is 0 Å². The van der Waals surface area contributed by atoms with Crippen LogP contribution in [0.3, 0.4) is 0 Å². The lowest BCUT2D eigenvalue weighted by molar-refractivity contribution is -0.120. The van der Waals surface area contributed by atoms with Gasteiger partial charge in [0.15, 0.2) is 0 Å². The maximum Gasteiger partial charge on any atom is 0.224 e. The number of aromatic nitrogens is 2. The molecule has 0 aliphatic heterocycles. The zero-order valence-corrected chi connectivity index (χ0v) is 15.9. The van der Waals surface area contributed by atoms with Crippen molar-refractivity contribution < 1.29 is 9.18 Å². The van der Waals surface area contributed by atoms with E-state index in [0.717, 1.165) is 17.1 Å². The van der Waals surface area contributed by atoms with Gasteiger partial charge in [0, 0.05) is 45.4 Å². The summed E-state index contributed by atoms with van der Waals surface area (Å²) in [5.74, 6) is 0.819. The first-order valence-electron chi connectivity index (χ1n) is 8.32. The molecule has 0 aliphatic rings. The average molecular weight is 380 g/mol. The molecule has 2 N–H and O–H groups in total. The molecule has 140 valence electrons. The van der Waals surface area contributed by atoms with Crippen LogP contribution in [0.5, 0.6) is 0 Å². The van der Waals surface area contributed by atoms with Gasteiger partial charge >= 0.3 is 0 Å². The molecule has 0 saturated heterocycles. The molecule has 2 aromatic rings. The molecular weight excluding hydrogens is 357 g/mol. The number of nitrogens with zero attached hydrogens (tertiary/aromatic N) is 3. The minimum atomic E-state index is -0.457. The molecule has 0 atom stereocenters. The number of carbonyl (C=O) groups is 1. The van der Waals surface area contributed by atoms with Gasteiger partial charge in [-0.15, -0.1) is 0 Å². The monoisotopic (exact) mass is 379 g/mol. The molecular formula is C18H23ClFN5O. The first-order chi connectivity index (χ1) is 12.3. The third-order valence-electron chi connectivity index (χ3n) is 3.65. The quantitative estimate of drug-likeness (QED) is 0.690. The van der Waals surface area contributed by atoms with Crippen LogP contribution in [0.2, 0.25) is 5.02 Å². The minimum Gasteiger partial charge on any atom is -0.363 e. The zero-order valence-electron chi connectivity index (χ0n) is 15.1. The molecule has 1 aromatic carbocycles. The van der Waals surface area contributed by atoms with Crippen molar-refractivity contribution in [3.05, 3.63) is 46.4 Å². The number of rotatable bonds is 8. The highest BCUT2D eigenvalue weighted by Crippen LogP contribution is 2.17. The topological polar surface area (TPSA) is 70.2 Å². The number of amides is 1. The predicted molar refractivity (Wildman–Crippen MR) is 102 cm³/mol. The molecule has 1 heterocycles. The van der Waals surface area contributed by atoms with Gasteiger partial charge in [-0.3, -0.25) is 4.79 Å². The van der Waals surface area contributed by atoms with E-state index in [2.05, 4.69) is 20.6 Å². The summed E-state index contributed by atoms with van der Waals surface area (Å²) < 4.78 is 13.1. The van der Waals surface area contributed by atoms with Crippen molar-refractivity contribution in [2.75, 3.05) is 37.4 Å². The Hall–Kier alpha value is -2.41. The molecule has 26 heavy (non-hydrogen) atoms. The minimum absolute atomic E-state index is 0.0716. The van der Waals surface area contributed by atoms with Crippen molar-refractivity contribution in [3.8, 4) is 0 Å². The van der Waals surface area contributed by atoms with Gasteiger partial charge in [0.1, 0.15) is 11.6 Å². The second-order valence-corrected chi connectivity index (χ2v) is 6.52. The third-order valence-corrected chi connectivity index (χ3v) is 3.94. The van der Waals surface area contributed by atoms with E-state index in [0.29, 0.717) is 31.9 Å². The maximum absolute atomic E-state index is 13.1. The van der Waals surface area contributed by atoms with E-state index in [1.165, 1.54) is 6.07 Å². The number of benzene rings is 1. The number of nitrogens with one attached hydrogen (secondary N) is 2. The fourth-order valence-corrected chi connectivity index (χ4v) is 2.48. The summed E-state index contributed by atoms with van der Waals surface area (Å²) in [7, 11) is 3.83. The Morgan fingerprint density at radius 2 is 2.00 bits per heavy atom. The van der Waals surface area contributed by atoms with Crippen LogP contribution in [0, 0.1) is 12.7 Å². The standard InChI is InChI=1S/C18H23ClFN5O/c1-12-10-16(25(2)3)24-18(23-12)22-9-8-21-17(26)7-5-13-4-6-15(20)14(19)11-13/h4,6,10-11H,5,7-9H2,1-3H3,(H,21,26)(H,22,23,24). The van der Waals surface area contributed by atoms with E-state index in [4.69, 9.17) is 11.6 Å². The summed E-state index contributed by atoms with van der Waals surface area (Å²) in [5.41, 5.74) is 1.70. The van der Waals surface area contributed by atoms with Crippen LogP contribution in [-0.4, -0.2) is 43.1 Å². The third kappa shape index (κ3) is 6.15. The van der Waals surface area contributed by atoms with Crippen LogP contribution >= 0.6 is 11.6 Å². The first-order valence-corrected chi connectivity index (χ1v) is 8.70. The van der Waals surface area contributed by atoms with Gasteiger partial charge in [-0.05, 0) is 31.0 Å². The molecule has 1 aromatic heterocycles. The molecule has 0 fully saturated rings. The van der Waals surface area contributed by atoms with Gasteiger partial charge < -0.3 is 15.5 Å². The predicted octanol–water partition coefficient (Wildman–Crippen LogP) is 2.80. The first kappa shape index (κ1) is 19.9. The lowest BCUT2D eigenvalue weighted by atomic mass is 10.1. The Balaban J connectivity index is 1.72. The maximum atomic E-state index is 13.1. The summed E-state index contributed by atoms with van der Waals surface area (Å²) in [6.45, 7) is 2.88. The second kappa shape index (κ2) is 9.33. The van der Waals surface area contributed by atoms with Gasteiger partial charge in [0.25, 0.3) is 0 Å². The van der Waals surface area contributed by atoms with Crippen molar-refractivity contribution in [1.82, 2.24) is 15.3 Å². The van der Waals surface area contributed by atoms with Gasteiger partial charge in [0.2, 0.25) is 11.9 Å². The molecule has 2 rings (SSSR count). The summed E-state index contributed by atoms with van der Waals surface area (Å²) in [6.07, 6.45) is 0.820. The number of hydrogen-bond acceptors (Lipinski definition) is 5. The van der Waals surface area contributed by atoms with Crippen LogP contribution in [0.25, 0.3) is 0 Å². The highest BCUT2D eigenvalue weighted by atomic mass is 35.5. The smallest absolute Gasteiger partial charge is 0.224 e. The number of aryl methyl sites for hydroxylation is 2. The van der Waals surface area contributed by atoms with Gasteiger partial charge in [-0.2, -0.15) is 4.98 Å². The fraction of sp³-hybridized carbons (Fsp3) is 0.389. The van der Waals surface area contributed by atoms with E-state index in [1.54, 1.807) is 12.1 Å². The molecule has 0 aliphatic carbocycles. The molecule has 6 nitrogen and oxygen atoms in total. The summed E-state index contributed by atoms with van der Waals surface area (Å²) in [4.78, 5) is 22.5. The van der Waals surface area contributed by atoms with Gasteiger partial charge in [-0.1, -0.05) is 17.7 Å². The van der Waals surface area contributed by atoms with Gasteiger partial charge in [0.05, 0.1) is 5.02 Å². The molecule has 8 heteroatoms. The van der Waals surface area contributed by atoms with Crippen molar-refractivity contribution in [3.63, 3.8) is 0 Å². The van der Waals surface area contributed by atoms with Crippen LogP contribution in [0.4, 0.5) is 16.2 Å². The summed E-state index contributed by atoms with van der Waals surface area (Å²) in [5, 5.41) is 6.00. The second-order valence-electron chi connectivity index (χ2n) is 6.11. The van der Waals surface area contributed by atoms with Crippen LogP contribution in [-0.2, 0) is 11.2 Å². The lowest BCUT2D eigenvalue weighted by Crippen LogP contribution is -2.29. The fourth-order valence-electron chi connectivity index (χ4n) is 2.28. The molecule has 1 amide bonds. The molecule has 0 bridgehead atoms. The molecule has 0 spiro atoms. The molecule has 0 radical (unpaired) electrons. The van der Waals surface area contributed by atoms with Crippen LogP contribution in [0.15, 0.2) is 24.3 Å². The number of hydrogen-bond donors (Lipinski definition) is 2. The van der Waals surface area contributed by atoms with E-state index in [1.807, 2.05) is 32.0 Å². The molecule has 0 saturated carbocycles. The van der Waals surface area contributed by atoms with E-state index in [-0.39, 0.29) is 10.9 Å². The Morgan fingerprint density at radius 1 is 1.23 bits per heavy atom. The van der Waals surface area contributed by atoms with E-state index < -0.39 is 5.82 Å². The Bertz CT molecular complexity index is 769. The summed E-state index contributed by atoms with van der Waals surface area (Å²) >= 11 is 5.73. The number of halogens is 2. The highest BCUT2D eigenvalue weighted by molar-refractivity contribution is 6.30. The Labute approximate surface area is 157 Å². The Kier molecular flexibility index (Phi) is 7.15. The summed E-state index contributed by atoms with van der Waals surface area (Å²) in [6, 6.07) is 6.38. The Morgan fingerprint density at radius 3 is 2.69 bits per heavy atom. The van der Waals surface area contributed by atoms with Crippen molar-refractivity contribution in [1.29, 1.82) is 0 Å². The number of carbonyl (C=O) groups excluding carboxylic acids is 1. The molecule has 0 unspecified atom stereocenters. The van der Waals surface area contributed by atoms with Crippen molar-refractivity contribution >= 4 is 29.3 Å². The SMILES string of the molecule is Cc1cc(N(C)C)nc(NCCNC(=O)CCc2ccc(F)c(Cl)c2)n1. The van der Waals surface area contributed by atoms with Crippen LogP contribution < -0.4 is 15.5 Å². The highest BCUT2D eigenvalue weighted by Gasteiger charge is 2.06. The largest absolute Gasteiger partial charge is 0.363 e. The van der Waals surface area contributed by atoms with E-state index in [9.17, 15) is 9.18 Å². The van der Waals surface area contributed by atoms with Crippen LogP contribution in [0.1, 0.15) is 17.7 Å². The average Bonchev–Trinajstić information content (AvgIpc) is 2.59. The van der Waals surface area contributed by atoms with Crippen molar-refractivity contribution in [2.45, 2.75) is 19.8 Å². The number of anilines is 2. The normalized spacial score (nSPS) is 10.5.